The number of hydrogen-bond acceptors (Lipinski definition) is 2. The molecule has 0 N–H and O–H groups in total. The maximum Gasteiger partial charge on any atom is 0.161 e. The first-order valence-electron chi connectivity index (χ1n) is 6.49. The van der Waals surface area contributed by atoms with Crippen molar-refractivity contribution >= 4 is 5.78 Å². The first-order valence-corrected chi connectivity index (χ1v) is 6.49. The Morgan fingerprint density at radius 1 is 1.17 bits per heavy atom. The zero-order valence-electron chi connectivity index (χ0n) is 10.6. The van der Waals surface area contributed by atoms with Crippen molar-refractivity contribution in [3.8, 4) is 0 Å². The summed E-state index contributed by atoms with van der Waals surface area (Å²) in [7, 11) is 2.03. The van der Waals surface area contributed by atoms with Crippen molar-refractivity contribution in [2.45, 2.75) is 25.2 Å². The van der Waals surface area contributed by atoms with Gasteiger partial charge in [0.15, 0.2) is 5.78 Å². The van der Waals surface area contributed by atoms with Gasteiger partial charge in [-0.25, -0.2) is 0 Å². The predicted octanol–water partition coefficient (Wildman–Crippen LogP) is 3.24. The highest BCUT2D eigenvalue weighted by Gasteiger charge is 2.30. The van der Waals surface area contributed by atoms with E-state index in [-0.39, 0.29) is 5.92 Å². The van der Waals surface area contributed by atoms with Crippen LogP contribution in [-0.4, -0.2) is 17.7 Å². The maximum atomic E-state index is 12.2. The fraction of sp³-hybridized carbons (Fsp3) is 0.312. The van der Waals surface area contributed by atoms with Gasteiger partial charge >= 0.3 is 0 Å². The Morgan fingerprint density at radius 2 is 1.94 bits per heavy atom. The van der Waals surface area contributed by atoms with E-state index in [2.05, 4.69) is 29.3 Å². The minimum absolute atomic E-state index is 0.144. The lowest BCUT2D eigenvalue weighted by atomic mass is 9.80. The van der Waals surface area contributed by atoms with Crippen molar-refractivity contribution in [2.24, 2.45) is 0 Å². The fourth-order valence-corrected chi connectivity index (χ4v) is 2.91. The Balaban J connectivity index is 2.08. The normalized spacial score (nSPS) is 23.3. The van der Waals surface area contributed by atoms with Crippen LogP contribution in [0, 0.1) is 0 Å². The van der Waals surface area contributed by atoms with Gasteiger partial charge in [0.2, 0.25) is 0 Å². The molecule has 1 aliphatic heterocycles. The summed E-state index contributed by atoms with van der Waals surface area (Å²) >= 11 is 0. The van der Waals surface area contributed by atoms with Gasteiger partial charge in [-0.15, -0.1) is 0 Å². The Hall–Kier alpha value is -1.83. The number of benzene rings is 1. The van der Waals surface area contributed by atoms with Gasteiger partial charge < -0.3 is 4.90 Å². The highest BCUT2D eigenvalue weighted by Crippen LogP contribution is 2.38. The van der Waals surface area contributed by atoms with Gasteiger partial charge in [0.25, 0.3) is 0 Å². The molecule has 2 heteroatoms. The molecular weight excluding hydrogens is 222 g/mol. The zero-order chi connectivity index (χ0) is 12.5. The zero-order valence-corrected chi connectivity index (χ0v) is 10.6. The lowest BCUT2D eigenvalue weighted by molar-refractivity contribution is -0.116. The minimum atomic E-state index is 0.144. The molecule has 0 radical (unpaired) electrons. The summed E-state index contributed by atoms with van der Waals surface area (Å²) in [5, 5.41) is 0. The molecule has 1 aromatic rings. The quantitative estimate of drug-likeness (QED) is 0.750. The van der Waals surface area contributed by atoms with Crippen LogP contribution in [-0.2, 0) is 4.79 Å². The van der Waals surface area contributed by atoms with E-state index in [9.17, 15) is 4.79 Å². The van der Waals surface area contributed by atoms with Gasteiger partial charge in [0.05, 0.1) is 0 Å². The van der Waals surface area contributed by atoms with E-state index in [1.54, 1.807) is 0 Å². The number of carbonyl (C=O) groups is 1. The predicted molar refractivity (Wildman–Crippen MR) is 72.0 cm³/mol. The van der Waals surface area contributed by atoms with E-state index in [4.69, 9.17) is 0 Å². The van der Waals surface area contributed by atoms with Crippen molar-refractivity contribution in [3.05, 3.63) is 59.4 Å². The summed E-state index contributed by atoms with van der Waals surface area (Å²) in [6.45, 7) is 0. The standard InChI is InChI=1S/C16H17NO/c1-17-11-10-13(12-6-3-2-4-7-12)16-14(17)8-5-9-15(16)18/h2-4,6-7,10-11,13H,5,8-9H2,1H3. The van der Waals surface area contributed by atoms with Crippen LogP contribution in [0.5, 0.6) is 0 Å². The molecule has 2 aliphatic rings. The second-order valence-electron chi connectivity index (χ2n) is 4.98. The highest BCUT2D eigenvalue weighted by molar-refractivity contribution is 5.99. The van der Waals surface area contributed by atoms with Crippen molar-refractivity contribution in [1.29, 1.82) is 0 Å². The average molecular weight is 239 g/mol. The number of allylic oxidation sites excluding steroid dienone is 3. The molecule has 1 aliphatic carbocycles. The molecule has 92 valence electrons. The van der Waals surface area contributed by atoms with Crippen LogP contribution < -0.4 is 0 Å². The van der Waals surface area contributed by atoms with Crippen molar-refractivity contribution < 1.29 is 4.79 Å². The molecule has 0 bridgehead atoms. The molecule has 18 heavy (non-hydrogen) atoms. The maximum absolute atomic E-state index is 12.2. The molecule has 1 unspecified atom stereocenters. The van der Waals surface area contributed by atoms with Crippen LogP contribution in [0.2, 0.25) is 0 Å². The second kappa shape index (κ2) is 4.45. The van der Waals surface area contributed by atoms with Crippen LogP contribution in [0.4, 0.5) is 0 Å². The fourth-order valence-electron chi connectivity index (χ4n) is 2.91. The summed E-state index contributed by atoms with van der Waals surface area (Å²) in [6, 6.07) is 10.3. The molecule has 0 saturated heterocycles. The Labute approximate surface area is 108 Å². The molecule has 1 heterocycles. The highest BCUT2D eigenvalue weighted by atomic mass is 16.1. The van der Waals surface area contributed by atoms with Gasteiger partial charge in [0, 0.05) is 36.9 Å². The number of hydrogen-bond donors (Lipinski definition) is 0. The summed E-state index contributed by atoms with van der Waals surface area (Å²) in [5.74, 6) is 0.464. The first kappa shape index (κ1) is 11.3. The van der Waals surface area contributed by atoms with Gasteiger partial charge in [-0.1, -0.05) is 36.4 Å². The number of ketones is 1. The Bertz CT molecular complexity index is 527. The van der Waals surface area contributed by atoms with E-state index in [1.807, 2.05) is 25.2 Å². The van der Waals surface area contributed by atoms with Gasteiger partial charge in [-0.2, -0.15) is 0 Å². The third-order valence-electron chi connectivity index (χ3n) is 3.83. The van der Waals surface area contributed by atoms with Crippen molar-refractivity contribution in [2.75, 3.05) is 7.05 Å². The molecule has 2 nitrogen and oxygen atoms in total. The number of rotatable bonds is 1. The molecule has 0 saturated carbocycles. The van der Waals surface area contributed by atoms with E-state index in [1.165, 1.54) is 11.3 Å². The Morgan fingerprint density at radius 3 is 2.72 bits per heavy atom. The van der Waals surface area contributed by atoms with E-state index >= 15 is 0 Å². The molecule has 0 amide bonds. The average Bonchev–Trinajstić information content (AvgIpc) is 2.41. The third-order valence-corrected chi connectivity index (χ3v) is 3.83. The van der Waals surface area contributed by atoms with E-state index < -0.39 is 0 Å². The minimum Gasteiger partial charge on any atom is -0.354 e. The van der Waals surface area contributed by atoms with Crippen LogP contribution in [0.3, 0.4) is 0 Å². The first-order chi connectivity index (χ1) is 8.77. The molecule has 0 aromatic heterocycles. The molecular formula is C16H17NO. The third kappa shape index (κ3) is 1.78. The lowest BCUT2D eigenvalue weighted by Crippen LogP contribution is -2.27. The smallest absolute Gasteiger partial charge is 0.161 e. The number of nitrogens with zero attached hydrogens (tertiary/aromatic N) is 1. The van der Waals surface area contributed by atoms with Gasteiger partial charge in [0.1, 0.15) is 0 Å². The van der Waals surface area contributed by atoms with Crippen molar-refractivity contribution in [1.82, 2.24) is 4.90 Å². The van der Waals surface area contributed by atoms with E-state index in [0.29, 0.717) is 12.2 Å². The van der Waals surface area contributed by atoms with Crippen LogP contribution in [0.1, 0.15) is 30.7 Å². The molecule has 3 rings (SSSR count). The monoisotopic (exact) mass is 239 g/mol. The second-order valence-corrected chi connectivity index (χ2v) is 4.98. The number of carbonyl (C=O) groups excluding carboxylic acids is 1. The summed E-state index contributed by atoms with van der Waals surface area (Å²) in [4.78, 5) is 14.3. The number of Topliss-reactive ketones (excluding diaryl/α,β-unsaturated/α-hetero) is 1. The largest absolute Gasteiger partial charge is 0.354 e. The summed E-state index contributed by atoms with van der Waals surface area (Å²) in [6.07, 6.45) is 6.93. The molecule has 0 fully saturated rings. The van der Waals surface area contributed by atoms with Gasteiger partial charge in [-0.3, -0.25) is 4.79 Å². The SMILES string of the molecule is CN1C=CC(c2ccccc2)C2=C1CCCC2=O. The Kier molecular flexibility index (Phi) is 2.78. The molecule has 0 spiro atoms. The summed E-state index contributed by atoms with van der Waals surface area (Å²) < 4.78 is 0. The van der Waals surface area contributed by atoms with Crippen molar-refractivity contribution in [3.63, 3.8) is 0 Å². The molecule has 1 aromatic carbocycles. The summed E-state index contributed by atoms with van der Waals surface area (Å²) in [5.41, 5.74) is 3.43. The van der Waals surface area contributed by atoms with Crippen LogP contribution >= 0.6 is 0 Å². The lowest BCUT2D eigenvalue weighted by Gasteiger charge is -2.33. The van der Waals surface area contributed by atoms with Crippen LogP contribution in [0.25, 0.3) is 0 Å². The van der Waals surface area contributed by atoms with E-state index in [0.717, 1.165) is 18.4 Å². The van der Waals surface area contributed by atoms with Crippen LogP contribution in [0.15, 0.2) is 53.9 Å². The van der Waals surface area contributed by atoms with Gasteiger partial charge in [-0.05, 0) is 18.4 Å². The topological polar surface area (TPSA) is 20.3 Å². The molecule has 1 atom stereocenters.